The fourth-order valence-electron chi connectivity index (χ4n) is 2.64. The van der Waals surface area contributed by atoms with Gasteiger partial charge in [0.15, 0.2) is 0 Å². The standard InChI is InChI=1S/C12H20ClNO/c1-8-4-3-5-10(6-8)11-7-12(9(2)13)15-14-11/h8-10,12H,3-7H2,1-2H3. The maximum Gasteiger partial charge on any atom is 0.148 e. The maximum atomic E-state index is 6.02. The van der Waals surface area contributed by atoms with Gasteiger partial charge in [-0.25, -0.2) is 0 Å². The third-order valence-corrected chi connectivity index (χ3v) is 3.92. The largest absolute Gasteiger partial charge is 0.391 e. The number of halogens is 1. The van der Waals surface area contributed by atoms with Crippen LogP contribution < -0.4 is 0 Å². The van der Waals surface area contributed by atoms with Gasteiger partial charge in [-0.05, 0) is 25.7 Å². The molecule has 1 aliphatic carbocycles. The quantitative estimate of drug-likeness (QED) is 0.664. The molecule has 4 atom stereocenters. The van der Waals surface area contributed by atoms with Gasteiger partial charge in [-0.3, -0.25) is 0 Å². The molecule has 0 amide bonds. The van der Waals surface area contributed by atoms with E-state index < -0.39 is 0 Å². The van der Waals surface area contributed by atoms with Gasteiger partial charge in [0.25, 0.3) is 0 Å². The number of nitrogens with zero attached hydrogens (tertiary/aromatic N) is 1. The van der Waals surface area contributed by atoms with E-state index in [-0.39, 0.29) is 11.5 Å². The van der Waals surface area contributed by atoms with E-state index in [0.717, 1.165) is 12.3 Å². The lowest BCUT2D eigenvalue weighted by Crippen LogP contribution is -2.24. The SMILES string of the molecule is CC1CCCC(C2=NOC(C(C)Cl)C2)C1. The Morgan fingerprint density at radius 2 is 2.27 bits per heavy atom. The predicted octanol–water partition coefficient (Wildman–Crippen LogP) is 3.58. The van der Waals surface area contributed by atoms with Crippen LogP contribution >= 0.6 is 11.6 Å². The first kappa shape index (κ1) is 11.3. The van der Waals surface area contributed by atoms with Gasteiger partial charge in [-0.2, -0.15) is 0 Å². The summed E-state index contributed by atoms with van der Waals surface area (Å²) in [6.45, 7) is 4.32. The Morgan fingerprint density at radius 3 is 2.87 bits per heavy atom. The molecule has 1 aliphatic heterocycles. The Morgan fingerprint density at radius 1 is 1.47 bits per heavy atom. The van der Waals surface area contributed by atoms with E-state index in [1.807, 2.05) is 6.92 Å². The second-order valence-corrected chi connectivity index (χ2v) is 5.77. The van der Waals surface area contributed by atoms with Crippen molar-refractivity contribution < 1.29 is 4.84 Å². The molecule has 0 radical (unpaired) electrons. The molecular weight excluding hydrogens is 210 g/mol. The molecule has 0 saturated heterocycles. The molecule has 0 spiro atoms. The van der Waals surface area contributed by atoms with Gasteiger partial charge in [-0.1, -0.05) is 24.9 Å². The maximum absolute atomic E-state index is 6.02. The van der Waals surface area contributed by atoms with E-state index in [0.29, 0.717) is 5.92 Å². The van der Waals surface area contributed by atoms with Crippen LogP contribution in [-0.4, -0.2) is 17.2 Å². The summed E-state index contributed by atoms with van der Waals surface area (Å²) in [5.74, 6) is 1.51. The van der Waals surface area contributed by atoms with Gasteiger partial charge >= 0.3 is 0 Å². The van der Waals surface area contributed by atoms with Crippen molar-refractivity contribution in [2.45, 2.75) is 57.4 Å². The molecule has 15 heavy (non-hydrogen) atoms. The zero-order valence-electron chi connectivity index (χ0n) is 9.58. The molecule has 2 aliphatic rings. The van der Waals surface area contributed by atoms with E-state index in [1.165, 1.54) is 31.4 Å². The summed E-state index contributed by atoms with van der Waals surface area (Å²) in [5, 5.41) is 4.29. The van der Waals surface area contributed by atoms with Crippen molar-refractivity contribution >= 4 is 17.3 Å². The zero-order chi connectivity index (χ0) is 10.8. The second kappa shape index (κ2) is 4.73. The lowest BCUT2D eigenvalue weighted by Gasteiger charge is -2.26. The van der Waals surface area contributed by atoms with Crippen LogP contribution in [0.5, 0.6) is 0 Å². The number of alkyl halides is 1. The summed E-state index contributed by atoms with van der Waals surface area (Å²) in [6.07, 6.45) is 6.34. The molecule has 86 valence electrons. The predicted molar refractivity (Wildman–Crippen MR) is 63.4 cm³/mol. The van der Waals surface area contributed by atoms with Crippen LogP contribution in [0.4, 0.5) is 0 Å². The number of oxime groups is 1. The normalized spacial score (nSPS) is 38.3. The molecule has 1 heterocycles. The Hall–Kier alpha value is -0.240. The fourth-order valence-corrected chi connectivity index (χ4v) is 2.78. The summed E-state index contributed by atoms with van der Waals surface area (Å²) < 4.78 is 0. The average molecular weight is 230 g/mol. The Balaban J connectivity index is 1.89. The summed E-state index contributed by atoms with van der Waals surface area (Å²) in [6, 6.07) is 0. The topological polar surface area (TPSA) is 21.6 Å². The van der Waals surface area contributed by atoms with Crippen LogP contribution in [0.2, 0.25) is 0 Å². The van der Waals surface area contributed by atoms with Gasteiger partial charge in [-0.15, -0.1) is 11.6 Å². The monoisotopic (exact) mass is 229 g/mol. The molecule has 2 nitrogen and oxygen atoms in total. The summed E-state index contributed by atoms with van der Waals surface area (Å²) in [4.78, 5) is 5.37. The van der Waals surface area contributed by atoms with Crippen molar-refractivity contribution in [2.24, 2.45) is 17.0 Å². The summed E-state index contributed by atoms with van der Waals surface area (Å²) in [5.41, 5.74) is 1.26. The lowest BCUT2D eigenvalue weighted by atomic mass is 9.79. The van der Waals surface area contributed by atoms with Crippen LogP contribution in [-0.2, 0) is 4.84 Å². The summed E-state index contributed by atoms with van der Waals surface area (Å²) >= 11 is 6.02. The molecule has 0 N–H and O–H groups in total. The minimum Gasteiger partial charge on any atom is -0.391 e. The van der Waals surface area contributed by atoms with Crippen LogP contribution in [0, 0.1) is 11.8 Å². The van der Waals surface area contributed by atoms with Gasteiger partial charge < -0.3 is 4.84 Å². The molecule has 3 heteroatoms. The minimum atomic E-state index is 0.0623. The van der Waals surface area contributed by atoms with Crippen molar-refractivity contribution in [1.29, 1.82) is 0 Å². The van der Waals surface area contributed by atoms with Gasteiger partial charge in [0.2, 0.25) is 0 Å². The van der Waals surface area contributed by atoms with Crippen molar-refractivity contribution in [3.05, 3.63) is 0 Å². The smallest absolute Gasteiger partial charge is 0.148 e. The van der Waals surface area contributed by atoms with Crippen molar-refractivity contribution in [3.63, 3.8) is 0 Å². The van der Waals surface area contributed by atoms with E-state index in [1.54, 1.807) is 0 Å². The Labute approximate surface area is 97.0 Å². The first-order chi connectivity index (χ1) is 7.16. The lowest BCUT2D eigenvalue weighted by molar-refractivity contribution is 0.0854. The number of rotatable bonds is 2. The van der Waals surface area contributed by atoms with Crippen molar-refractivity contribution in [1.82, 2.24) is 0 Å². The van der Waals surface area contributed by atoms with Crippen molar-refractivity contribution in [2.75, 3.05) is 0 Å². The average Bonchev–Trinajstić information content (AvgIpc) is 2.66. The van der Waals surface area contributed by atoms with Crippen molar-refractivity contribution in [3.8, 4) is 0 Å². The van der Waals surface area contributed by atoms with Gasteiger partial charge in [0.05, 0.1) is 11.1 Å². The van der Waals surface area contributed by atoms with E-state index >= 15 is 0 Å². The zero-order valence-corrected chi connectivity index (χ0v) is 10.3. The first-order valence-electron chi connectivity index (χ1n) is 6.03. The highest BCUT2D eigenvalue weighted by atomic mass is 35.5. The third-order valence-electron chi connectivity index (χ3n) is 3.64. The fraction of sp³-hybridized carbons (Fsp3) is 0.917. The molecule has 0 aromatic carbocycles. The van der Waals surface area contributed by atoms with Crippen LogP contribution in [0.15, 0.2) is 5.16 Å². The highest BCUT2D eigenvalue weighted by Gasteiger charge is 2.31. The van der Waals surface area contributed by atoms with E-state index in [4.69, 9.17) is 16.4 Å². The molecular formula is C12H20ClNO. The highest BCUT2D eigenvalue weighted by molar-refractivity contribution is 6.21. The Bertz CT molecular complexity index is 252. The molecule has 1 fully saturated rings. The van der Waals surface area contributed by atoms with Crippen LogP contribution in [0.1, 0.15) is 46.0 Å². The highest BCUT2D eigenvalue weighted by Crippen LogP contribution is 2.33. The molecule has 1 saturated carbocycles. The molecule has 0 aromatic heterocycles. The van der Waals surface area contributed by atoms with Gasteiger partial charge in [0, 0.05) is 12.3 Å². The first-order valence-corrected chi connectivity index (χ1v) is 6.47. The number of hydrogen-bond donors (Lipinski definition) is 0. The minimum absolute atomic E-state index is 0.0623. The molecule has 4 unspecified atom stereocenters. The molecule has 2 rings (SSSR count). The second-order valence-electron chi connectivity index (χ2n) is 5.08. The molecule has 0 bridgehead atoms. The van der Waals surface area contributed by atoms with Gasteiger partial charge in [0.1, 0.15) is 6.10 Å². The van der Waals surface area contributed by atoms with Crippen LogP contribution in [0.3, 0.4) is 0 Å². The third kappa shape index (κ3) is 2.66. The van der Waals surface area contributed by atoms with Crippen LogP contribution in [0.25, 0.3) is 0 Å². The number of hydrogen-bond acceptors (Lipinski definition) is 2. The molecule has 0 aromatic rings. The van der Waals surface area contributed by atoms with E-state index in [2.05, 4.69) is 12.1 Å². The Kier molecular flexibility index (Phi) is 3.55. The van der Waals surface area contributed by atoms with E-state index in [9.17, 15) is 0 Å². The summed E-state index contributed by atoms with van der Waals surface area (Å²) in [7, 11) is 0.